The molecule has 0 saturated carbocycles. The van der Waals surface area contributed by atoms with Crippen molar-refractivity contribution in [3.05, 3.63) is 47.7 Å². The summed E-state index contributed by atoms with van der Waals surface area (Å²) in [5, 5.41) is 2.22. The van der Waals surface area contributed by atoms with E-state index in [0.29, 0.717) is 16.9 Å². The number of aliphatic imine (C=N–C) groups is 1. The van der Waals surface area contributed by atoms with Crippen LogP contribution in [-0.2, 0) is 0 Å². The second kappa shape index (κ2) is 5.12. The number of aryl methyl sites for hydroxylation is 1. The lowest BCUT2D eigenvalue weighted by Gasteiger charge is -2.06. The lowest BCUT2D eigenvalue weighted by molar-refractivity contribution is 0.509. The number of pyridine rings is 1. The van der Waals surface area contributed by atoms with E-state index in [1.807, 2.05) is 6.92 Å². The molecule has 0 bridgehead atoms. The van der Waals surface area contributed by atoms with Crippen molar-refractivity contribution in [3.63, 3.8) is 0 Å². The number of isothiocyanates is 1. The summed E-state index contributed by atoms with van der Waals surface area (Å²) in [6.07, 6.45) is 1.62. The molecule has 0 atom stereocenters. The molecule has 5 heteroatoms. The van der Waals surface area contributed by atoms with Crippen molar-refractivity contribution < 1.29 is 8.78 Å². The van der Waals surface area contributed by atoms with E-state index in [9.17, 15) is 8.78 Å². The molecule has 0 aliphatic rings. The fourth-order valence-electron chi connectivity index (χ4n) is 1.57. The van der Waals surface area contributed by atoms with Gasteiger partial charge in [0.1, 0.15) is 0 Å². The van der Waals surface area contributed by atoms with Crippen molar-refractivity contribution >= 4 is 23.2 Å². The average Bonchev–Trinajstić information content (AvgIpc) is 2.35. The molecule has 0 amide bonds. The molecular formula is C13H8F2N2S. The minimum atomic E-state index is -0.911. The maximum absolute atomic E-state index is 13.2. The van der Waals surface area contributed by atoms with Crippen LogP contribution in [0.15, 0.2) is 35.5 Å². The minimum absolute atomic E-state index is 0.335. The molecule has 0 radical (unpaired) electrons. The largest absolute Gasteiger partial charge is 0.236 e. The first-order valence-electron chi connectivity index (χ1n) is 5.12. The Balaban J connectivity index is 2.64. The van der Waals surface area contributed by atoms with Gasteiger partial charge < -0.3 is 0 Å². The number of nitrogens with zero attached hydrogens (tertiary/aromatic N) is 2. The number of rotatable bonds is 2. The predicted molar refractivity (Wildman–Crippen MR) is 69.0 cm³/mol. The third kappa shape index (κ3) is 2.47. The van der Waals surface area contributed by atoms with Gasteiger partial charge in [-0.1, -0.05) is 6.07 Å². The Labute approximate surface area is 108 Å². The van der Waals surface area contributed by atoms with Gasteiger partial charge >= 0.3 is 0 Å². The van der Waals surface area contributed by atoms with Gasteiger partial charge in [-0.2, -0.15) is 4.99 Å². The van der Waals surface area contributed by atoms with E-state index in [0.717, 1.165) is 17.7 Å². The molecule has 0 saturated heterocycles. The fraction of sp³-hybridized carbons (Fsp3) is 0.0769. The van der Waals surface area contributed by atoms with E-state index in [1.165, 1.54) is 6.07 Å². The van der Waals surface area contributed by atoms with Gasteiger partial charge in [0.25, 0.3) is 0 Å². The minimum Gasteiger partial charge on any atom is -0.236 e. The molecule has 0 fully saturated rings. The van der Waals surface area contributed by atoms with Crippen LogP contribution in [0.5, 0.6) is 0 Å². The Bertz CT molecular complexity index is 649. The van der Waals surface area contributed by atoms with Crippen LogP contribution in [0.25, 0.3) is 11.1 Å². The Hall–Kier alpha value is -1.97. The highest BCUT2D eigenvalue weighted by atomic mass is 32.1. The Kier molecular flexibility index (Phi) is 3.55. The zero-order chi connectivity index (χ0) is 13.1. The van der Waals surface area contributed by atoms with Gasteiger partial charge in [-0.25, -0.2) is 13.8 Å². The Morgan fingerprint density at radius 1 is 1.22 bits per heavy atom. The van der Waals surface area contributed by atoms with Crippen LogP contribution >= 0.6 is 12.2 Å². The zero-order valence-corrected chi connectivity index (χ0v) is 10.3. The van der Waals surface area contributed by atoms with E-state index in [1.54, 1.807) is 12.3 Å². The highest BCUT2D eigenvalue weighted by molar-refractivity contribution is 7.78. The number of hydrogen-bond donors (Lipinski definition) is 0. The summed E-state index contributed by atoms with van der Waals surface area (Å²) < 4.78 is 26.1. The van der Waals surface area contributed by atoms with Gasteiger partial charge in [0.2, 0.25) is 0 Å². The van der Waals surface area contributed by atoms with Crippen molar-refractivity contribution in [3.8, 4) is 11.1 Å². The molecule has 1 aromatic heterocycles. The molecule has 18 heavy (non-hydrogen) atoms. The smallest absolute Gasteiger partial charge is 0.170 e. The predicted octanol–water partition coefficient (Wildman–Crippen LogP) is 4.07. The molecule has 2 aromatic rings. The van der Waals surface area contributed by atoms with Crippen LogP contribution in [0.3, 0.4) is 0 Å². The highest BCUT2D eigenvalue weighted by Gasteiger charge is 2.09. The van der Waals surface area contributed by atoms with Crippen LogP contribution in [0.4, 0.5) is 14.6 Å². The standard InChI is InChI=1S/C13H8F2N2S/c1-8-4-10(13(16-6-8)17-7-18)9-2-3-11(14)12(15)5-9/h2-6H,1H3. The summed E-state index contributed by atoms with van der Waals surface area (Å²) in [6, 6.07) is 5.43. The monoisotopic (exact) mass is 262 g/mol. The first kappa shape index (κ1) is 12.5. The molecule has 0 N–H and O–H groups in total. The summed E-state index contributed by atoms with van der Waals surface area (Å²) in [6.45, 7) is 1.85. The Morgan fingerprint density at radius 3 is 2.67 bits per heavy atom. The first-order chi connectivity index (χ1) is 8.61. The number of benzene rings is 1. The topological polar surface area (TPSA) is 25.2 Å². The molecule has 0 spiro atoms. The van der Waals surface area contributed by atoms with E-state index in [-0.39, 0.29) is 0 Å². The lowest BCUT2D eigenvalue weighted by Crippen LogP contribution is -1.88. The molecule has 2 rings (SSSR count). The second-order valence-electron chi connectivity index (χ2n) is 3.72. The normalized spacial score (nSPS) is 9.94. The summed E-state index contributed by atoms with van der Waals surface area (Å²) in [4.78, 5) is 7.90. The number of aromatic nitrogens is 1. The van der Waals surface area contributed by atoms with Crippen molar-refractivity contribution in [1.82, 2.24) is 4.98 Å². The van der Waals surface area contributed by atoms with Gasteiger partial charge in [-0.15, -0.1) is 0 Å². The molecule has 1 aromatic carbocycles. The third-order valence-corrected chi connectivity index (χ3v) is 2.48. The van der Waals surface area contributed by atoms with Crippen LogP contribution in [0.2, 0.25) is 0 Å². The van der Waals surface area contributed by atoms with Crippen LogP contribution in [0.1, 0.15) is 5.56 Å². The van der Waals surface area contributed by atoms with Crippen LogP contribution in [-0.4, -0.2) is 10.1 Å². The highest BCUT2D eigenvalue weighted by Crippen LogP contribution is 2.29. The van der Waals surface area contributed by atoms with Crippen LogP contribution in [0, 0.1) is 18.6 Å². The van der Waals surface area contributed by atoms with Crippen molar-refractivity contribution in [2.75, 3.05) is 0 Å². The Morgan fingerprint density at radius 2 is 2.00 bits per heavy atom. The van der Waals surface area contributed by atoms with Crippen LogP contribution < -0.4 is 0 Å². The van der Waals surface area contributed by atoms with E-state index in [4.69, 9.17) is 0 Å². The maximum Gasteiger partial charge on any atom is 0.170 e. The van der Waals surface area contributed by atoms with E-state index < -0.39 is 11.6 Å². The average molecular weight is 262 g/mol. The van der Waals surface area contributed by atoms with Crippen molar-refractivity contribution in [2.24, 2.45) is 4.99 Å². The summed E-state index contributed by atoms with van der Waals surface area (Å²) in [7, 11) is 0. The number of halogens is 2. The SMILES string of the molecule is Cc1cnc(N=C=S)c(-c2ccc(F)c(F)c2)c1. The molecule has 0 unspecified atom stereocenters. The summed E-state index contributed by atoms with van der Waals surface area (Å²) >= 11 is 4.53. The van der Waals surface area contributed by atoms with Gasteiger partial charge in [-0.3, -0.25) is 0 Å². The number of thiocarbonyl (C=S) groups is 1. The fourth-order valence-corrected chi connectivity index (χ4v) is 1.66. The van der Waals surface area contributed by atoms with Crippen molar-refractivity contribution in [1.29, 1.82) is 0 Å². The van der Waals surface area contributed by atoms with Gasteiger partial charge in [0.05, 0.1) is 5.16 Å². The summed E-state index contributed by atoms with van der Waals surface area (Å²) in [5.74, 6) is -1.47. The molecule has 1 heterocycles. The molecule has 2 nitrogen and oxygen atoms in total. The molecule has 0 aliphatic heterocycles. The second-order valence-corrected chi connectivity index (χ2v) is 3.90. The third-order valence-electron chi connectivity index (χ3n) is 2.39. The van der Waals surface area contributed by atoms with Gasteiger partial charge in [0.15, 0.2) is 17.5 Å². The van der Waals surface area contributed by atoms with E-state index >= 15 is 0 Å². The summed E-state index contributed by atoms with van der Waals surface area (Å²) in [5.41, 5.74) is 1.97. The lowest BCUT2D eigenvalue weighted by atomic mass is 10.0. The first-order valence-corrected chi connectivity index (χ1v) is 5.52. The quantitative estimate of drug-likeness (QED) is 0.602. The van der Waals surface area contributed by atoms with E-state index in [2.05, 4.69) is 27.4 Å². The molecular weight excluding hydrogens is 254 g/mol. The van der Waals surface area contributed by atoms with Gasteiger partial charge in [-0.05, 0) is 48.5 Å². The maximum atomic E-state index is 13.2. The van der Waals surface area contributed by atoms with Gasteiger partial charge in [0, 0.05) is 11.8 Å². The van der Waals surface area contributed by atoms with Crippen molar-refractivity contribution in [2.45, 2.75) is 6.92 Å². The molecule has 90 valence electrons. The zero-order valence-electron chi connectivity index (χ0n) is 9.45. The molecule has 0 aliphatic carbocycles. The number of hydrogen-bond acceptors (Lipinski definition) is 3.